The largest absolute Gasteiger partial charge is 0.493 e. The van der Waals surface area contributed by atoms with Gasteiger partial charge in [0.15, 0.2) is 17.3 Å². The second kappa shape index (κ2) is 9.26. The van der Waals surface area contributed by atoms with Crippen LogP contribution in [-0.2, 0) is 0 Å². The lowest BCUT2D eigenvalue weighted by atomic mass is 10.2. The van der Waals surface area contributed by atoms with Crippen molar-refractivity contribution in [1.82, 2.24) is 30.2 Å². The summed E-state index contributed by atoms with van der Waals surface area (Å²) in [5, 5.41) is 17.3. The molecule has 0 fully saturated rings. The number of aryl methyl sites for hydroxylation is 1. The molecule has 0 saturated carbocycles. The Labute approximate surface area is 169 Å². The summed E-state index contributed by atoms with van der Waals surface area (Å²) in [7, 11) is 3.20. The van der Waals surface area contributed by atoms with Gasteiger partial charge in [-0.2, -0.15) is 0 Å². The molecule has 156 valence electrons. The highest BCUT2D eigenvalue weighted by molar-refractivity contribution is 5.85. The van der Waals surface area contributed by atoms with Crippen molar-refractivity contribution in [3.63, 3.8) is 0 Å². The fourth-order valence-electron chi connectivity index (χ4n) is 3.10. The van der Waals surface area contributed by atoms with Gasteiger partial charge in [-0.25, -0.2) is 9.78 Å². The third-order valence-corrected chi connectivity index (χ3v) is 4.51. The van der Waals surface area contributed by atoms with Crippen LogP contribution in [0.1, 0.15) is 25.6 Å². The minimum Gasteiger partial charge on any atom is -0.493 e. The number of nitrogens with zero attached hydrogens (tertiary/aromatic N) is 4. The maximum atomic E-state index is 11.4. The van der Waals surface area contributed by atoms with Crippen LogP contribution in [0.25, 0.3) is 16.7 Å². The van der Waals surface area contributed by atoms with E-state index in [9.17, 15) is 4.79 Å². The van der Waals surface area contributed by atoms with E-state index in [0.717, 1.165) is 29.7 Å². The van der Waals surface area contributed by atoms with Crippen molar-refractivity contribution < 1.29 is 14.3 Å². The highest BCUT2D eigenvalue weighted by Crippen LogP contribution is 2.33. The monoisotopic (exact) mass is 401 g/mol. The second-order valence-corrected chi connectivity index (χ2v) is 6.48. The number of carbonyl (C=O) groups excluding carboxylic acids is 1. The lowest BCUT2D eigenvalue weighted by Crippen LogP contribution is -2.35. The molecule has 0 aliphatic heterocycles. The van der Waals surface area contributed by atoms with E-state index in [1.165, 1.54) is 0 Å². The van der Waals surface area contributed by atoms with Gasteiger partial charge in [-0.15, -0.1) is 10.2 Å². The number of nitrogens with one attached hydrogen (secondary N) is 3. The molecule has 0 atom stereocenters. The molecule has 0 saturated heterocycles. The molecule has 10 nitrogen and oxygen atoms in total. The van der Waals surface area contributed by atoms with Crippen molar-refractivity contribution >= 4 is 28.5 Å². The molecule has 0 aliphatic carbocycles. The molecular formula is C19H27N7O3. The van der Waals surface area contributed by atoms with E-state index in [-0.39, 0.29) is 6.03 Å². The summed E-state index contributed by atoms with van der Waals surface area (Å²) in [6, 6.07) is 3.58. The van der Waals surface area contributed by atoms with Crippen LogP contribution in [0.15, 0.2) is 12.1 Å². The number of benzene rings is 1. The fourth-order valence-corrected chi connectivity index (χ4v) is 3.10. The van der Waals surface area contributed by atoms with Crippen LogP contribution < -0.4 is 25.4 Å². The van der Waals surface area contributed by atoms with Gasteiger partial charge in [-0.3, -0.25) is 4.40 Å². The molecule has 1 aromatic carbocycles. The molecule has 0 spiro atoms. The van der Waals surface area contributed by atoms with Gasteiger partial charge in [-0.05, 0) is 26.7 Å². The molecule has 2 heterocycles. The Morgan fingerprint density at radius 3 is 2.52 bits per heavy atom. The number of ether oxygens (including phenoxy) is 2. The van der Waals surface area contributed by atoms with Gasteiger partial charge in [-0.1, -0.05) is 0 Å². The summed E-state index contributed by atoms with van der Waals surface area (Å²) in [4.78, 5) is 16.1. The van der Waals surface area contributed by atoms with E-state index in [1.54, 1.807) is 14.2 Å². The Balaban J connectivity index is 1.76. The summed E-state index contributed by atoms with van der Waals surface area (Å²) < 4.78 is 12.8. The van der Waals surface area contributed by atoms with Crippen LogP contribution in [0, 0.1) is 6.92 Å². The molecule has 0 unspecified atom stereocenters. The molecule has 0 aliphatic rings. The van der Waals surface area contributed by atoms with Crippen molar-refractivity contribution in [1.29, 1.82) is 0 Å². The summed E-state index contributed by atoms with van der Waals surface area (Å²) in [6.07, 6.45) is 1.72. The molecule has 10 heteroatoms. The maximum Gasteiger partial charge on any atom is 0.314 e. The number of methoxy groups -OCH3 is 2. The Hall–Kier alpha value is -3.30. The molecule has 0 bridgehead atoms. The number of rotatable bonds is 9. The SMILES string of the molecule is CCNC(=O)NCCCCNc1nc2cc(OC)c(OC)cc2n2c(C)nnc12. The van der Waals surface area contributed by atoms with E-state index in [4.69, 9.17) is 14.5 Å². The summed E-state index contributed by atoms with van der Waals surface area (Å²) in [5.41, 5.74) is 2.25. The van der Waals surface area contributed by atoms with E-state index in [1.807, 2.05) is 30.4 Å². The summed E-state index contributed by atoms with van der Waals surface area (Å²) in [6.45, 7) is 5.72. The van der Waals surface area contributed by atoms with Crippen LogP contribution in [0.3, 0.4) is 0 Å². The van der Waals surface area contributed by atoms with Gasteiger partial charge in [0.25, 0.3) is 0 Å². The molecule has 2 amide bonds. The quantitative estimate of drug-likeness (QED) is 0.471. The molecular weight excluding hydrogens is 374 g/mol. The van der Waals surface area contributed by atoms with Gasteiger partial charge in [0.2, 0.25) is 5.65 Å². The summed E-state index contributed by atoms with van der Waals surface area (Å²) in [5.74, 6) is 2.65. The second-order valence-electron chi connectivity index (χ2n) is 6.48. The number of hydrogen-bond donors (Lipinski definition) is 3. The normalized spacial score (nSPS) is 10.9. The van der Waals surface area contributed by atoms with Gasteiger partial charge < -0.3 is 25.4 Å². The summed E-state index contributed by atoms with van der Waals surface area (Å²) >= 11 is 0. The lowest BCUT2D eigenvalue weighted by Gasteiger charge is -2.13. The van der Waals surface area contributed by atoms with Crippen LogP contribution >= 0.6 is 0 Å². The van der Waals surface area contributed by atoms with Crippen LogP contribution in [0.2, 0.25) is 0 Å². The van der Waals surface area contributed by atoms with Gasteiger partial charge >= 0.3 is 6.03 Å². The Morgan fingerprint density at radius 1 is 1.07 bits per heavy atom. The molecule has 0 radical (unpaired) electrons. The predicted molar refractivity (Wildman–Crippen MR) is 111 cm³/mol. The Bertz CT molecular complexity index is 1000. The van der Waals surface area contributed by atoms with Crippen LogP contribution in [-0.4, -0.2) is 59.5 Å². The zero-order chi connectivity index (χ0) is 20.8. The van der Waals surface area contributed by atoms with E-state index < -0.39 is 0 Å². The van der Waals surface area contributed by atoms with Gasteiger partial charge in [0.1, 0.15) is 5.82 Å². The standard InChI is InChI=1S/C19H27N7O3/c1-5-20-19(27)22-9-7-6-8-21-17-18-25-24-12(2)26(18)14-11-16(29-4)15(28-3)10-13(14)23-17/h10-11H,5-9H2,1-4H3,(H,21,23)(H2,20,22,27). The lowest BCUT2D eigenvalue weighted by molar-refractivity contribution is 0.241. The van der Waals surface area contributed by atoms with Crippen molar-refractivity contribution in [2.75, 3.05) is 39.2 Å². The van der Waals surface area contributed by atoms with Gasteiger partial charge in [0, 0.05) is 31.8 Å². The average Bonchev–Trinajstić information content (AvgIpc) is 3.11. The fraction of sp³-hybridized carbons (Fsp3) is 0.474. The first-order chi connectivity index (χ1) is 14.1. The third kappa shape index (κ3) is 4.41. The Kier molecular flexibility index (Phi) is 6.53. The topological polar surface area (TPSA) is 115 Å². The first-order valence-electron chi connectivity index (χ1n) is 9.62. The van der Waals surface area contributed by atoms with E-state index >= 15 is 0 Å². The van der Waals surface area contributed by atoms with Crippen LogP contribution in [0.4, 0.5) is 10.6 Å². The number of carbonyl (C=O) groups is 1. The molecule has 3 aromatic rings. The number of fused-ring (bicyclic) bond motifs is 3. The number of hydrogen-bond acceptors (Lipinski definition) is 7. The highest BCUT2D eigenvalue weighted by Gasteiger charge is 2.16. The average molecular weight is 401 g/mol. The van der Waals surface area contributed by atoms with Gasteiger partial charge in [0.05, 0.1) is 25.3 Å². The van der Waals surface area contributed by atoms with E-state index in [0.29, 0.717) is 42.6 Å². The maximum absolute atomic E-state index is 11.4. The van der Waals surface area contributed by atoms with Crippen molar-refractivity contribution in [2.24, 2.45) is 0 Å². The molecule has 29 heavy (non-hydrogen) atoms. The zero-order valence-electron chi connectivity index (χ0n) is 17.2. The van der Waals surface area contributed by atoms with Crippen molar-refractivity contribution in [3.05, 3.63) is 18.0 Å². The Morgan fingerprint density at radius 2 is 1.79 bits per heavy atom. The van der Waals surface area contributed by atoms with E-state index in [2.05, 4.69) is 26.1 Å². The zero-order valence-corrected chi connectivity index (χ0v) is 17.2. The molecule has 2 aromatic heterocycles. The third-order valence-electron chi connectivity index (χ3n) is 4.51. The number of anilines is 1. The highest BCUT2D eigenvalue weighted by atomic mass is 16.5. The number of aromatic nitrogens is 4. The minimum atomic E-state index is -0.137. The number of urea groups is 1. The predicted octanol–water partition coefficient (Wildman–Crippen LogP) is 2.11. The smallest absolute Gasteiger partial charge is 0.314 e. The first-order valence-corrected chi connectivity index (χ1v) is 9.62. The number of unbranched alkanes of at least 4 members (excludes halogenated alkanes) is 1. The van der Waals surface area contributed by atoms with Crippen molar-refractivity contribution in [3.8, 4) is 11.5 Å². The van der Waals surface area contributed by atoms with Crippen LogP contribution in [0.5, 0.6) is 11.5 Å². The van der Waals surface area contributed by atoms with Crippen molar-refractivity contribution in [2.45, 2.75) is 26.7 Å². The minimum absolute atomic E-state index is 0.137. The first kappa shape index (κ1) is 20.4. The molecule has 3 N–H and O–H groups in total. The number of amides is 2. The molecule has 3 rings (SSSR count).